The molecule has 2 aromatic carbocycles. The van der Waals surface area contributed by atoms with E-state index in [1.165, 1.54) is 0 Å². The summed E-state index contributed by atoms with van der Waals surface area (Å²) in [5.74, 6) is 0.194. The zero-order valence-electron chi connectivity index (χ0n) is 13.0. The Morgan fingerprint density at radius 3 is 2.36 bits per heavy atom. The molecule has 0 unspecified atom stereocenters. The van der Waals surface area contributed by atoms with E-state index in [2.05, 4.69) is 31.0 Å². The maximum Gasteiger partial charge on any atom is 0.141 e. The van der Waals surface area contributed by atoms with Crippen molar-refractivity contribution in [3.8, 4) is 5.75 Å². The van der Waals surface area contributed by atoms with Gasteiger partial charge in [0, 0.05) is 5.39 Å². The van der Waals surface area contributed by atoms with E-state index in [-0.39, 0.29) is 5.75 Å². The van der Waals surface area contributed by atoms with Gasteiger partial charge in [-0.2, -0.15) is 0 Å². The van der Waals surface area contributed by atoms with Gasteiger partial charge in [0.2, 0.25) is 0 Å². The number of aromatic nitrogens is 1. The number of benzene rings is 2. The SMILES string of the molecule is CC(=Nc1c(C)cccc1C)c1ccc2cccc(O)c2n1. The zero-order chi connectivity index (χ0) is 15.7. The molecule has 0 fully saturated rings. The van der Waals surface area contributed by atoms with E-state index < -0.39 is 0 Å². The average molecular weight is 290 g/mol. The third-order valence-electron chi connectivity index (χ3n) is 3.79. The van der Waals surface area contributed by atoms with Crippen LogP contribution in [0.3, 0.4) is 0 Å². The van der Waals surface area contributed by atoms with Gasteiger partial charge in [-0.05, 0) is 44.0 Å². The van der Waals surface area contributed by atoms with Crippen LogP contribution >= 0.6 is 0 Å². The predicted octanol–water partition coefficient (Wildman–Crippen LogP) is 4.70. The molecule has 3 rings (SSSR count). The Balaban J connectivity index is 2.10. The van der Waals surface area contributed by atoms with Crippen molar-refractivity contribution < 1.29 is 5.11 Å². The van der Waals surface area contributed by atoms with E-state index in [0.29, 0.717) is 5.52 Å². The van der Waals surface area contributed by atoms with Crippen molar-refractivity contribution in [2.24, 2.45) is 4.99 Å². The Bertz CT molecular complexity index is 861. The highest BCUT2D eigenvalue weighted by molar-refractivity contribution is 6.01. The van der Waals surface area contributed by atoms with Crippen molar-refractivity contribution in [1.29, 1.82) is 0 Å². The normalized spacial score (nSPS) is 11.9. The van der Waals surface area contributed by atoms with E-state index >= 15 is 0 Å². The van der Waals surface area contributed by atoms with Crippen LogP contribution in [0.4, 0.5) is 5.69 Å². The van der Waals surface area contributed by atoms with Crippen LogP contribution in [0.25, 0.3) is 10.9 Å². The minimum absolute atomic E-state index is 0.194. The predicted molar refractivity (Wildman–Crippen MR) is 91.2 cm³/mol. The first-order valence-corrected chi connectivity index (χ1v) is 7.27. The number of nitrogens with zero attached hydrogens (tertiary/aromatic N) is 2. The lowest BCUT2D eigenvalue weighted by Crippen LogP contribution is -1.99. The van der Waals surface area contributed by atoms with Crippen LogP contribution in [-0.4, -0.2) is 15.8 Å². The topological polar surface area (TPSA) is 45.5 Å². The average Bonchev–Trinajstić information content (AvgIpc) is 2.51. The first-order valence-electron chi connectivity index (χ1n) is 7.27. The molecule has 0 bridgehead atoms. The number of fused-ring (bicyclic) bond motifs is 1. The van der Waals surface area contributed by atoms with Gasteiger partial charge < -0.3 is 5.11 Å². The van der Waals surface area contributed by atoms with Gasteiger partial charge in [0.1, 0.15) is 11.3 Å². The fourth-order valence-electron chi connectivity index (χ4n) is 2.54. The summed E-state index contributed by atoms with van der Waals surface area (Å²) in [4.78, 5) is 9.29. The highest BCUT2D eigenvalue weighted by Gasteiger charge is 2.07. The molecule has 0 radical (unpaired) electrons. The van der Waals surface area contributed by atoms with Crippen LogP contribution in [0.15, 0.2) is 53.5 Å². The second-order valence-corrected chi connectivity index (χ2v) is 5.48. The lowest BCUT2D eigenvalue weighted by molar-refractivity contribution is 0.480. The molecule has 0 aliphatic rings. The summed E-state index contributed by atoms with van der Waals surface area (Å²) in [6.45, 7) is 6.05. The van der Waals surface area contributed by atoms with Gasteiger partial charge in [-0.1, -0.05) is 36.4 Å². The zero-order valence-corrected chi connectivity index (χ0v) is 13.0. The lowest BCUT2D eigenvalue weighted by atomic mass is 10.1. The number of phenolic OH excluding ortho intramolecular Hbond substituents is 1. The Kier molecular flexibility index (Phi) is 3.63. The fraction of sp³-hybridized carbons (Fsp3) is 0.158. The number of rotatable bonds is 2. The van der Waals surface area contributed by atoms with Gasteiger partial charge in [-0.3, -0.25) is 4.99 Å². The molecule has 110 valence electrons. The first kappa shape index (κ1) is 14.3. The molecule has 1 N–H and O–H groups in total. The highest BCUT2D eigenvalue weighted by Crippen LogP contribution is 2.25. The monoisotopic (exact) mass is 290 g/mol. The van der Waals surface area contributed by atoms with E-state index in [0.717, 1.165) is 33.6 Å². The Labute approximate surface area is 130 Å². The van der Waals surface area contributed by atoms with Gasteiger partial charge in [0.05, 0.1) is 17.1 Å². The number of pyridine rings is 1. The molecule has 3 aromatic rings. The van der Waals surface area contributed by atoms with Gasteiger partial charge in [0.15, 0.2) is 0 Å². The van der Waals surface area contributed by atoms with Crippen LogP contribution in [0, 0.1) is 13.8 Å². The van der Waals surface area contributed by atoms with Crippen LogP contribution in [0.1, 0.15) is 23.7 Å². The molecule has 22 heavy (non-hydrogen) atoms. The summed E-state index contributed by atoms with van der Waals surface area (Å²) < 4.78 is 0. The summed E-state index contributed by atoms with van der Waals surface area (Å²) in [5.41, 5.74) is 5.49. The number of aromatic hydroxyl groups is 1. The van der Waals surface area contributed by atoms with Crippen molar-refractivity contribution >= 4 is 22.3 Å². The van der Waals surface area contributed by atoms with E-state index in [4.69, 9.17) is 4.99 Å². The van der Waals surface area contributed by atoms with Crippen LogP contribution in [0.2, 0.25) is 0 Å². The summed E-state index contributed by atoms with van der Waals surface area (Å²) in [7, 11) is 0. The number of hydrogen-bond acceptors (Lipinski definition) is 3. The molecule has 3 nitrogen and oxygen atoms in total. The number of aliphatic imine (C=N–C) groups is 1. The quantitative estimate of drug-likeness (QED) is 0.695. The molecule has 0 amide bonds. The number of phenols is 1. The molecule has 1 aromatic heterocycles. The van der Waals surface area contributed by atoms with Crippen molar-refractivity contribution in [1.82, 2.24) is 4.98 Å². The highest BCUT2D eigenvalue weighted by atomic mass is 16.3. The van der Waals surface area contributed by atoms with Crippen LogP contribution < -0.4 is 0 Å². The Morgan fingerprint density at radius 1 is 0.955 bits per heavy atom. The number of hydrogen-bond donors (Lipinski definition) is 1. The third-order valence-corrected chi connectivity index (χ3v) is 3.79. The second kappa shape index (κ2) is 5.60. The third kappa shape index (κ3) is 2.58. The molecule has 0 aliphatic heterocycles. The van der Waals surface area contributed by atoms with Gasteiger partial charge >= 0.3 is 0 Å². The van der Waals surface area contributed by atoms with Crippen molar-refractivity contribution in [2.75, 3.05) is 0 Å². The molecule has 0 saturated heterocycles. The largest absolute Gasteiger partial charge is 0.506 e. The molecule has 3 heteroatoms. The second-order valence-electron chi connectivity index (χ2n) is 5.48. The van der Waals surface area contributed by atoms with Crippen molar-refractivity contribution in [3.63, 3.8) is 0 Å². The summed E-state index contributed by atoms with van der Waals surface area (Å²) in [6, 6.07) is 15.4. The maximum absolute atomic E-state index is 9.95. The van der Waals surface area contributed by atoms with E-state index in [9.17, 15) is 5.11 Å². The van der Waals surface area contributed by atoms with Crippen molar-refractivity contribution in [2.45, 2.75) is 20.8 Å². The molecule has 1 heterocycles. The van der Waals surface area contributed by atoms with Crippen LogP contribution in [0.5, 0.6) is 5.75 Å². The Morgan fingerprint density at radius 2 is 1.64 bits per heavy atom. The maximum atomic E-state index is 9.95. The lowest BCUT2D eigenvalue weighted by Gasteiger charge is -2.07. The van der Waals surface area contributed by atoms with Gasteiger partial charge in [-0.25, -0.2) is 4.98 Å². The minimum atomic E-state index is 0.194. The summed E-state index contributed by atoms with van der Waals surface area (Å²) >= 11 is 0. The van der Waals surface area contributed by atoms with E-state index in [1.54, 1.807) is 6.07 Å². The number of para-hydroxylation sites is 2. The minimum Gasteiger partial charge on any atom is -0.506 e. The molecule has 0 saturated carbocycles. The van der Waals surface area contributed by atoms with Gasteiger partial charge in [0.25, 0.3) is 0 Å². The molecule has 0 aliphatic carbocycles. The van der Waals surface area contributed by atoms with E-state index in [1.807, 2.05) is 37.3 Å². The molecule has 0 atom stereocenters. The molecular weight excluding hydrogens is 272 g/mol. The smallest absolute Gasteiger partial charge is 0.141 e. The molecule has 0 spiro atoms. The van der Waals surface area contributed by atoms with Crippen LogP contribution in [-0.2, 0) is 0 Å². The fourth-order valence-corrected chi connectivity index (χ4v) is 2.54. The first-order chi connectivity index (χ1) is 10.6. The number of aryl methyl sites for hydroxylation is 2. The van der Waals surface area contributed by atoms with Gasteiger partial charge in [-0.15, -0.1) is 0 Å². The Hall–Kier alpha value is -2.68. The standard InChI is InChI=1S/C19H18N2O/c1-12-6-4-7-13(2)18(12)20-14(3)16-11-10-15-8-5-9-17(22)19(15)21-16/h4-11,22H,1-3H3. The summed E-state index contributed by atoms with van der Waals surface area (Å²) in [6.07, 6.45) is 0. The summed E-state index contributed by atoms with van der Waals surface area (Å²) in [5, 5.41) is 10.9. The van der Waals surface area contributed by atoms with Crippen molar-refractivity contribution in [3.05, 3.63) is 65.4 Å². The molecular formula is C19H18N2O.